The van der Waals surface area contributed by atoms with E-state index in [1.807, 2.05) is 13.0 Å². The van der Waals surface area contributed by atoms with Crippen LogP contribution >= 0.6 is 0 Å². The first kappa shape index (κ1) is 25.2. The summed E-state index contributed by atoms with van der Waals surface area (Å²) in [7, 11) is 1.63. The number of rotatable bonds is 6. The van der Waals surface area contributed by atoms with E-state index in [9.17, 15) is 19.1 Å². The third-order valence-electron chi connectivity index (χ3n) is 6.39. The van der Waals surface area contributed by atoms with Crippen LogP contribution in [0.3, 0.4) is 0 Å². The van der Waals surface area contributed by atoms with Crippen molar-refractivity contribution in [2.24, 2.45) is 5.92 Å². The summed E-state index contributed by atoms with van der Waals surface area (Å²) in [4.78, 5) is 38.2. The van der Waals surface area contributed by atoms with E-state index in [0.717, 1.165) is 5.56 Å². The number of hydrogen-bond acceptors (Lipinski definition) is 6. The molecule has 36 heavy (non-hydrogen) atoms. The average Bonchev–Trinajstić information content (AvgIpc) is 2.90. The summed E-state index contributed by atoms with van der Waals surface area (Å²) in [5, 5.41) is 9.83. The van der Waals surface area contributed by atoms with Gasteiger partial charge in [-0.05, 0) is 37.3 Å². The van der Waals surface area contributed by atoms with Gasteiger partial charge in [0.05, 0.1) is 19.2 Å². The van der Waals surface area contributed by atoms with Crippen molar-refractivity contribution in [2.45, 2.75) is 26.0 Å². The van der Waals surface area contributed by atoms with Crippen molar-refractivity contribution in [3.63, 3.8) is 0 Å². The van der Waals surface area contributed by atoms with Gasteiger partial charge in [0.25, 0.3) is 11.8 Å². The van der Waals surface area contributed by atoms with Gasteiger partial charge in [0, 0.05) is 54.8 Å². The number of likely N-dealkylation sites (N-methyl/N-ethyl adjacent to an activating group) is 1. The zero-order valence-electron chi connectivity index (χ0n) is 20.5. The van der Waals surface area contributed by atoms with Crippen molar-refractivity contribution in [1.29, 1.82) is 0 Å². The molecule has 9 heteroatoms. The Labute approximate surface area is 209 Å². The van der Waals surface area contributed by atoms with Crippen molar-refractivity contribution in [2.75, 3.05) is 26.7 Å². The molecule has 3 atom stereocenters. The zero-order valence-corrected chi connectivity index (χ0v) is 20.5. The molecule has 1 aliphatic heterocycles. The first-order valence-electron chi connectivity index (χ1n) is 11.8. The Bertz CT molecular complexity index is 1240. The number of amides is 2. The smallest absolute Gasteiger partial charge is 0.259 e. The molecule has 2 amide bonds. The zero-order chi connectivity index (χ0) is 25.8. The number of halogens is 1. The fourth-order valence-electron chi connectivity index (χ4n) is 4.21. The SMILES string of the molecule is C[C@@H]1CN([C@H](C)CO)C(=O)c2cc(-c3cccnc3)cnc2O[C@@H]1CN(C)C(=O)c1cccc(F)c1. The normalized spacial score (nSPS) is 18.5. The Morgan fingerprint density at radius 1 is 1.25 bits per heavy atom. The van der Waals surface area contributed by atoms with Crippen LogP contribution in [0.5, 0.6) is 5.88 Å². The molecule has 0 aliphatic carbocycles. The number of nitrogens with zero attached hydrogens (tertiary/aromatic N) is 4. The number of aromatic nitrogens is 2. The molecule has 0 saturated heterocycles. The van der Waals surface area contributed by atoms with Gasteiger partial charge in [-0.1, -0.05) is 19.1 Å². The fraction of sp³-hybridized carbons (Fsp3) is 0.333. The highest BCUT2D eigenvalue weighted by molar-refractivity contribution is 5.98. The second kappa shape index (κ2) is 10.8. The summed E-state index contributed by atoms with van der Waals surface area (Å²) in [5.74, 6) is -1.16. The highest BCUT2D eigenvalue weighted by Crippen LogP contribution is 2.30. The molecule has 3 heterocycles. The predicted octanol–water partition coefficient (Wildman–Crippen LogP) is 3.28. The van der Waals surface area contributed by atoms with Crippen LogP contribution in [0.4, 0.5) is 4.39 Å². The Morgan fingerprint density at radius 3 is 2.75 bits per heavy atom. The third-order valence-corrected chi connectivity index (χ3v) is 6.39. The molecule has 1 aromatic carbocycles. The summed E-state index contributed by atoms with van der Waals surface area (Å²) in [6.07, 6.45) is 4.46. The minimum absolute atomic E-state index is 0.158. The number of carbonyl (C=O) groups excluding carboxylic acids is 2. The van der Waals surface area contributed by atoms with Crippen LogP contribution < -0.4 is 4.74 Å². The van der Waals surface area contributed by atoms with E-state index in [-0.39, 0.29) is 47.9 Å². The standard InChI is InChI=1S/C27H29FN4O4/c1-17-14-32(18(2)16-33)27(35)23-11-21(20-7-5-9-29-12-20)13-30-25(23)36-24(17)15-31(3)26(34)19-6-4-8-22(28)10-19/h4-13,17-18,24,33H,14-16H2,1-3H3/t17-,18-,24-/m1/s1. The Balaban J connectivity index is 1.67. The maximum atomic E-state index is 13.7. The number of hydrogen-bond donors (Lipinski definition) is 1. The maximum Gasteiger partial charge on any atom is 0.259 e. The van der Waals surface area contributed by atoms with Crippen LogP contribution in [0.2, 0.25) is 0 Å². The van der Waals surface area contributed by atoms with Gasteiger partial charge in [-0.2, -0.15) is 0 Å². The second-order valence-corrected chi connectivity index (χ2v) is 9.14. The molecule has 3 aromatic rings. The molecule has 1 aliphatic rings. The molecule has 188 valence electrons. The molecule has 0 saturated carbocycles. The molecule has 8 nitrogen and oxygen atoms in total. The average molecular weight is 493 g/mol. The minimum atomic E-state index is -0.510. The lowest BCUT2D eigenvalue weighted by molar-refractivity contribution is 0.0313. The predicted molar refractivity (Wildman–Crippen MR) is 132 cm³/mol. The van der Waals surface area contributed by atoms with Crippen molar-refractivity contribution in [3.8, 4) is 17.0 Å². The Hall–Kier alpha value is -3.85. The summed E-state index contributed by atoms with van der Waals surface area (Å²) in [6, 6.07) is 10.5. The van der Waals surface area contributed by atoms with E-state index < -0.39 is 18.0 Å². The van der Waals surface area contributed by atoms with Crippen LogP contribution in [0.1, 0.15) is 34.6 Å². The minimum Gasteiger partial charge on any atom is -0.472 e. The van der Waals surface area contributed by atoms with E-state index in [2.05, 4.69) is 9.97 Å². The van der Waals surface area contributed by atoms with Crippen molar-refractivity contribution >= 4 is 11.8 Å². The molecule has 0 spiro atoms. The van der Waals surface area contributed by atoms with Gasteiger partial charge in [-0.15, -0.1) is 0 Å². The van der Waals surface area contributed by atoms with E-state index in [1.165, 1.54) is 23.1 Å². The van der Waals surface area contributed by atoms with Gasteiger partial charge in [-0.25, -0.2) is 9.37 Å². The molecule has 4 rings (SSSR count). The Morgan fingerprint density at radius 2 is 2.06 bits per heavy atom. The molecule has 2 aromatic heterocycles. The summed E-state index contributed by atoms with van der Waals surface area (Å²) in [6.45, 7) is 4.00. The van der Waals surface area contributed by atoms with E-state index in [0.29, 0.717) is 12.1 Å². The molecule has 0 unspecified atom stereocenters. The third kappa shape index (κ3) is 5.36. The van der Waals surface area contributed by atoms with E-state index in [1.54, 1.807) is 55.7 Å². The van der Waals surface area contributed by atoms with E-state index >= 15 is 0 Å². The summed E-state index contributed by atoms with van der Waals surface area (Å²) < 4.78 is 19.9. The lowest BCUT2D eigenvalue weighted by atomic mass is 9.99. The lowest BCUT2D eigenvalue weighted by Gasteiger charge is -2.37. The largest absolute Gasteiger partial charge is 0.472 e. The van der Waals surface area contributed by atoms with Crippen molar-refractivity contribution in [3.05, 3.63) is 78.0 Å². The summed E-state index contributed by atoms with van der Waals surface area (Å²) in [5.41, 5.74) is 2.02. The summed E-state index contributed by atoms with van der Waals surface area (Å²) >= 11 is 0. The van der Waals surface area contributed by atoms with Gasteiger partial charge in [-0.3, -0.25) is 14.6 Å². The first-order chi connectivity index (χ1) is 17.3. The number of fused-ring (bicyclic) bond motifs is 1. The maximum absolute atomic E-state index is 13.7. The van der Waals surface area contributed by atoms with Crippen LogP contribution in [0.25, 0.3) is 11.1 Å². The monoisotopic (exact) mass is 492 g/mol. The molecular formula is C27H29FN4O4. The molecule has 0 radical (unpaired) electrons. The van der Waals surface area contributed by atoms with Crippen LogP contribution in [-0.2, 0) is 0 Å². The highest BCUT2D eigenvalue weighted by atomic mass is 19.1. The number of ether oxygens (including phenoxy) is 1. The first-order valence-corrected chi connectivity index (χ1v) is 11.8. The second-order valence-electron chi connectivity index (χ2n) is 9.14. The quantitative estimate of drug-likeness (QED) is 0.568. The van der Waals surface area contributed by atoms with Gasteiger partial charge in [0.2, 0.25) is 5.88 Å². The molecule has 0 fully saturated rings. The van der Waals surface area contributed by atoms with E-state index in [4.69, 9.17) is 4.74 Å². The van der Waals surface area contributed by atoms with Crippen molar-refractivity contribution < 1.29 is 23.8 Å². The van der Waals surface area contributed by atoms with Gasteiger partial charge in [0.1, 0.15) is 17.5 Å². The lowest BCUT2D eigenvalue weighted by Crippen LogP contribution is -2.50. The number of benzene rings is 1. The van der Waals surface area contributed by atoms with Crippen LogP contribution in [0.15, 0.2) is 61.1 Å². The van der Waals surface area contributed by atoms with Gasteiger partial charge < -0.3 is 19.6 Å². The van der Waals surface area contributed by atoms with Gasteiger partial charge in [0.15, 0.2) is 0 Å². The number of aliphatic hydroxyl groups excluding tert-OH is 1. The number of carbonyl (C=O) groups is 2. The topological polar surface area (TPSA) is 95.9 Å². The molecular weight excluding hydrogens is 463 g/mol. The highest BCUT2D eigenvalue weighted by Gasteiger charge is 2.35. The van der Waals surface area contributed by atoms with Crippen molar-refractivity contribution in [1.82, 2.24) is 19.8 Å². The molecule has 0 bridgehead atoms. The Kier molecular flexibility index (Phi) is 7.59. The van der Waals surface area contributed by atoms with Crippen LogP contribution in [-0.4, -0.2) is 75.6 Å². The fourth-order valence-corrected chi connectivity index (χ4v) is 4.21. The number of pyridine rings is 2. The van der Waals surface area contributed by atoms with Crippen LogP contribution in [0, 0.1) is 11.7 Å². The molecule has 1 N–H and O–H groups in total. The van der Waals surface area contributed by atoms with Gasteiger partial charge >= 0.3 is 0 Å². The number of aliphatic hydroxyl groups is 1.